The molecule has 0 bridgehead atoms. The molecule has 134 valence electrons. The van der Waals surface area contributed by atoms with E-state index >= 15 is 0 Å². The third-order valence-corrected chi connectivity index (χ3v) is 5.23. The van der Waals surface area contributed by atoms with Gasteiger partial charge in [-0.2, -0.15) is 4.68 Å². The van der Waals surface area contributed by atoms with Gasteiger partial charge in [0.05, 0.1) is 5.52 Å². The average Bonchev–Trinajstić information content (AvgIpc) is 3.12. The molecule has 2 heterocycles. The lowest BCUT2D eigenvalue weighted by Gasteiger charge is -2.24. The Kier molecular flexibility index (Phi) is 4.83. The van der Waals surface area contributed by atoms with E-state index in [1.165, 1.54) is 35.7 Å². The van der Waals surface area contributed by atoms with Crippen molar-refractivity contribution in [3.05, 3.63) is 36.0 Å². The van der Waals surface area contributed by atoms with Crippen LogP contribution in [-0.2, 0) is 0 Å². The van der Waals surface area contributed by atoms with E-state index in [4.69, 9.17) is 0 Å². The van der Waals surface area contributed by atoms with Gasteiger partial charge >= 0.3 is 0 Å². The molecule has 26 heavy (non-hydrogen) atoms. The predicted molar refractivity (Wildman–Crippen MR) is 102 cm³/mol. The number of nitrogens with one attached hydrogen (secondary N) is 1. The third-order valence-electron chi connectivity index (χ3n) is 4.67. The molecule has 0 radical (unpaired) electrons. The number of aromatic nitrogens is 5. The van der Waals surface area contributed by atoms with Crippen molar-refractivity contribution in [1.82, 2.24) is 25.0 Å². The van der Waals surface area contributed by atoms with Crippen LogP contribution in [0.4, 0.5) is 5.82 Å². The van der Waals surface area contributed by atoms with Crippen molar-refractivity contribution in [1.29, 1.82) is 0 Å². The zero-order valence-corrected chi connectivity index (χ0v) is 15.4. The Morgan fingerprint density at radius 2 is 2.04 bits per heavy atom. The number of hydrogen-bond acceptors (Lipinski definition) is 7. The first-order valence-corrected chi connectivity index (χ1v) is 10.0. The molecular weight excluding hydrogens is 348 g/mol. The molecule has 1 aliphatic carbocycles. The second kappa shape index (κ2) is 7.41. The first-order chi connectivity index (χ1) is 12.8. The Balaban J connectivity index is 1.71. The lowest BCUT2D eigenvalue weighted by Crippen LogP contribution is -2.26. The summed E-state index contributed by atoms with van der Waals surface area (Å²) in [6, 6.07) is 7.74. The zero-order chi connectivity index (χ0) is 17.9. The molecule has 0 aliphatic heterocycles. The van der Waals surface area contributed by atoms with E-state index in [2.05, 4.69) is 25.6 Å². The minimum absolute atomic E-state index is 0.273. The van der Waals surface area contributed by atoms with Crippen LogP contribution in [0.25, 0.3) is 11.0 Å². The molecule has 8 heteroatoms. The van der Waals surface area contributed by atoms with Gasteiger partial charge in [-0.1, -0.05) is 48.4 Å². The van der Waals surface area contributed by atoms with Crippen molar-refractivity contribution in [2.24, 2.45) is 0 Å². The lowest BCUT2D eigenvalue weighted by molar-refractivity contribution is 0.0948. The highest BCUT2D eigenvalue weighted by Crippen LogP contribution is 2.25. The van der Waals surface area contributed by atoms with Gasteiger partial charge in [0.2, 0.25) is 0 Å². The van der Waals surface area contributed by atoms with Gasteiger partial charge in [0.1, 0.15) is 16.9 Å². The number of rotatable bonds is 4. The highest BCUT2D eigenvalue weighted by Gasteiger charge is 2.22. The summed E-state index contributed by atoms with van der Waals surface area (Å²) in [6.07, 6.45) is 9.38. The van der Waals surface area contributed by atoms with Crippen LogP contribution in [0.5, 0.6) is 0 Å². The fourth-order valence-corrected chi connectivity index (χ4v) is 3.64. The van der Waals surface area contributed by atoms with Crippen LogP contribution >= 0.6 is 11.8 Å². The van der Waals surface area contributed by atoms with E-state index in [1.807, 2.05) is 30.5 Å². The number of carbonyl (C=O) groups excluding carboxylic acids is 1. The summed E-state index contributed by atoms with van der Waals surface area (Å²) in [6.45, 7) is 0. The molecule has 0 atom stereocenters. The maximum atomic E-state index is 13.1. The summed E-state index contributed by atoms with van der Waals surface area (Å²) in [5.74, 6) is 0.311. The zero-order valence-electron chi connectivity index (χ0n) is 14.6. The number of fused-ring (bicyclic) bond motifs is 1. The molecule has 4 rings (SSSR count). The molecule has 1 aliphatic rings. The SMILES string of the molecule is CSc1ncc(C(=O)n2nnc3ccccc32)c(NC2CCCCC2)n1. The number of nitrogens with zero attached hydrogens (tertiary/aromatic N) is 5. The predicted octanol–water partition coefficient (Wildman–Crippen LogP) is 3.38. The molecule has 1 fully saturated rings. The van der Waals surface area contributed by atoms with Gasteiger partial charge in [0.15, 0.2) is 5.16 Å². The molecular formula is C18H20N6OS. The molecule has 0 spiro atoms. The van der Waals surface area contributed by atoms with Gasteiger partial charge in [0, 0.05) is 12.2 Å². The summed E-state index contributed by atoms with van der Waals surface area (Å²) in [5, 5.41) is 12.2. The van der Waals surface area contributed by atoms with Crippen molar-refractivity contribution >= 4 is 34.5 Å². The van der Waals surface area contributed by atoms with Crippen LogP contribution in [0.3, 0.4) is 0 Å². The Hall–Kier alpha value is -2.48. The molecule has 7 nitrogen and oxygen atoms in total. The monoisotopic (exact) mass is 368 g/mol. The molecule has 0 saturated heterocycles. The first-order valence-electron chi connectivity index (χ1n) is 8.79. The number of hydrogen-bond donors (Lipinski definition) is 1. The van der Waals surface area contributed by atoms with Crippen LogP contribution < -0.4 is 5.32 Å². The summed E-state index contributed by atoms with van der Waals surface area (Å²) >= 11 is 1.46. The highest BCUT2D eigenvalue weighted by molar-refractivity contribution is 7.98. The Morgan fingerprint density at radius 3 is 2.85 bits per heavy atom. The molecule has 2 aromatic heterocycles. The average molecular weight is 368 g/mol. The van der Waals surface area contributed by atoms with Gasteiger partial charge in [-0.05, 0) is 31.2 Å². The van der Waals surface area contributed by atoms with Crippen molar-refractivity contribution < 1.29 is 4.79 Å². The van der Waals surface area contributed by atoms with E-state index in [9.17, 15) is 4.79 Å². The largest absolute Gasteiger partial charge is 0.367 e. The molecule has 1 N–H and O–H groups in total. The van der Waals surface area contributed by atoms with Crippen LogP contribution in [0.1, 0.15) is 42.5 Å². The van der Waals surface area contributed by atoms with Crippen LogP contribution in [0.2, 0.25) is 0 Å². The standard InChI is InChI=1S/C18H20N6OS/c1-26-18-19-11-13(16(21-18)20-12-7-3-2-4-8-12)17(25)24-15-10-6-5-9-14(15)22-23-24/h5-6,9-12H,2-4,7-8H2,1H3,(H,19,20,21). The number of thioether (sulfide) groups is 1. The van der Waals surface area contributed by atoms with Gasteiger partial charge in [-0.25, -0.2) is 9.97 Å². The summed E-state index contributed by atoms with van der Waals surface area (Å²) in [4.78, 5) is 22.0. The van der Waals surface area contributed by atoms with E-state index in [1.54, 1.807) is 6.20 Å². The fraction of sp³-hybridized carbons (Fsp3) is 0.389. The number of anilines is 1. The molecule has 1 saturated carbocycles. The second-order valence-corrected chi connectivity index (χ2v) is 7.17. The lowest BCUT2D eigenvalue weighted by atomic mass is 9.95. The second-order valence-electron chi connectivity index (χ2n) is 6.39. The number of carbonyl (C=O) groups is 1. The van der Waals surface area contributed by atoms with Crippen molar-refractivity contribution in [3.8, 4) is 0 Å². The topological polar surface area (TPSA) is 85.6 Å². The Labute approximate surface area is 155 Å². The minimum atomic E-state index is -0.273. The van der Waals surface area contributed by atoms with E-state index < -0.39 is 0 Å². The maximum absolute atomic E-state index is 13.1. The first kappa shape index (κ1) is 17.0. The Bertz CT molecular complexity index is 934. The van der Waals surface area contributed by atoms with Crippen molar-refractivity contribution in [3.63, 3.8) is 0 Å². The third kappa shape index (κ3) is 3.29. The number of para-hydroxylation sites is 1. The maximum Gasteiger partial charge on any atom is 0.285 e. The highest BCUT2D eigenvalue weighted by atomic mass is 32.2. The number of benzene rings is 1. The van der Waals surface area contributed by atoms with Crippen LogP contribution in [-0.4, -0.2) is 43.2 Å². The smallest absolute Gasteiger partial charge is 0.285 e. The summed E-state index contributed by atoms with van der Waals surface area (Å²) in [5.41, 5.74) is 1.78. The quantitative estimate of drug-likeness (QED) is 0.558. The van der Waals surface area contributed by atoms with Crippen LogP contribution in [0.15, 0.2) is 35.6 Å². The van der Waals surface area contributed by atoms with Crippen molar-refractivity contribution in [2.45, 2.75) is 43.3 Å². The minimum Gasteiger partial charge on any atom is -0.367 e. The van der Waals surface area contributed by atoms with E-state index in [0.717, 1.165) is 12.8 Å². The van der Waals surface area contributed by atoms with E-state index in [0.29, 0.717) is 33.6 Å². The molecule has 3 aromatic rings. The molecule has 0 amide bonds. The Morgan fingerprint density at radius 1 is 1.23 bits per heavy atom. The fourth-order valence-electron chi connectivity index (χ4n) is 3.30. The van der Waals surface area contributed by atoms with Crippen LogP contribution in [0, 0.1) is 0 Å². The summed E-state index contributed by atoms with van der Waals surface area (Å²) < 4.78 is 1.32. The van der Waals surface area contributed by atoms with Crippen molar-refractivity contribution in [2.75, 3.05) is 11.6 Å². The summed E-state index contributed by atoms with van der Waals surface area (Å²) in [7, 11) is 0. The van der Waals surface area contributed by atoms with Gasteiger partial charge in [-0.15, -0.1) is 5.10 Å². The normalized spacial score (nSPS) is 15.3. The van der Waals surface area contributed by atoms with Gasteiger partial charge in [-0.3, -0.25) is 4.79 Å². The van der Waals surface area contributed by atoms with Gasteiger partial charge < -0.3 is 5.32 Å². The van der Waals surface area contributed by atoms with Gasteiger partial charge in [0.25, 0.3) is 5.91 Å². The molecule has 0 unspecified atom stereocenters. The molecule has 1 aromatic carbocycles. The van der Waals surface area contributed by atoms with E-state index in [-0.39, 0.29) is 5.91 Å².